The first-order chi connectivity index (χ1) is 8.81. The molecule has 2 rings (SSSR count). The highest BCUT2D eigenvalue weighted by molar-refractivity contribution is 9.10. The molecular weight excluding hydrogens is 292 g/mol. The van der Waals surface area contributed by atoms with Gasteiger partial charge in [-0.25, -0.2) is 0 Å². The van der Waals surface area contributed by atoms with Crippen molar-refractivity contribution in [3.63, 3.8) is 0 Å². The number of nitrogens with one attached hydrogen (secondary N) is 2. The molecule has 0 aliphatic rings. The topological polar surface area (TPSA) is 66.7 Å². The van der Waals surface area contributed by atoms with Gasteiger partial charge in [-0.05, 0) is 24.6 Å². The summed E-state index contributed by atoms with van der Waals surface area (Å²) >= 11 is 3.56. The summed E-state index contributed by atoms with van der Waals surface area (Å²) in [6.45, 7) is 1.57. The third-order valence-electron chi connectivity index (χ3n) is 2.74. The van der Waals surface area contributed by atoms with E-state index in [1.165, 1.54) is 5.56 Å². The largest absolute Gasteiger partial charge is 0.382 e. The van der Waals surface area contributed by atoms with Gasteiger partial charge in [0, 0.05) is 17.4 Å². The summed E-state index contributed by atoms with van der Waals surface area (Å²) in [7, 11) is 0. The molecule has 0 bridgehead atoms. The van der Waals surface area contributed by atoms with Crippen LogP contribution in [0.15, 0.2) is 34.9 Å². The SMILES string of the molecule is NCCCNc1cn[nH]c1Cc1ccccc1Br. The lowest BCUT2D eigenvalue weighted by Gasteiger charge is -2.07. The Bertz CT molecular complexity index is 495. The predicted molar refractivity (Wildman–Crippen MR) is 77.7 cm³/mol. The van der Waals surface area contributed by atoms with Crippen molar-refractivity contribution in [2.45, 2.75) is 12.8 Å². The van der Waals surface area contributed by atoms with Crippen LogP contribution in [0.4, 0.5) is 5.69 Å². The van der Waals surface area contributed by atoms with Gasteiger partial charge < -0.3 is 11.1 Å². The number of benzene rings is 1. The van der Waals surface area contributed by atoms with E-state index in [0.717, 1.165) is 35.2 Å². The zero-order valence-electron chi connectivity index (χ0n) is 10.1. The van der Waals surface area contributed by atoms with E-state index >= 15 is 0 Å². The fourth-order valence-electron chi connectivity index (χ4n) is 1.76. The lowest BCUT2D eigenvalue weighted by atomic mass is 10.1. The van der Waals surface area contributed by atoms with Crippen molar-refractivity contribution in [3.8, 4) is 0 Å². The molecule has 0 spiro atoms. The number of anilines is 1. The van der Waals surface area contributed by atoms with Gasteiger partial charge in [-0.15, -0.1) is 0 Å². The van der Waals surface area contributed by atoms with Crippen LogP contribution in [0.5, 0.6) is 0 Å². The second-order valence-corrected chi connectivity index (χ2v) is 4.95. The van der Waals surface area contributed by atoms with Crippen LogP contribution in [0, 0.1) is 0 Å². The Kier molecular flexibility index (Phi) is 4.78. The molecular formula is C13H17BrN4. The Morgan fingerprint density at radius 2 is 2.17 bits per heavy atom. The number of nitrogens with two attached hydrogens (primary N) is 1. The van der Waals surface area contributed by atoms with Crippen molar-refractivity contribution in [2.75, 3.05) is 18.4 Å². The number of H-pyrrole nitrogens is 1. The van der Waals surface area contributed by atoms with Gasteiger partial charge >= 0.3 is 0 Å². The van der Waals surface area contributed by atoms with Crippen molar-refractivity contribution in [1.82, 2.24) is 10.2 Å². The van der Waals surface area contributed by atoms with E-state index in [4.69, 9.17) is 5.73 Å². The van der Waals surface area contributed by atoms with E-state index in [9.17, 15) is 0 Å². The minimum atomic E-state index is 0.699. The van der Waals surface area contributed by atoms with Crippen LogP contribution in [-0.4, -0.2) is 23.3 Å². The molecule has 1 aromatic heterocycles. The molecule has 0 amide bonds. The summed E-state index contributed by atoms with van der Waals surface area (Å²) in [5.41, 5.74) is 8.87. The van der Waals surface area contributed by atoms with E-state index in [1.807, 2.05) is 24.4 Å². The standard InChI is InChI=1S/C13H17BrN4/c14-11-5-2-1-4-10(11)8-12-13(9-17-18-12)16-7-3-6-15/h1-2,4-5,9,16H,3,6-8,15H2,(H,17,18). The van der Waals surface area contributed by atoms with Gasteiger partial charge in [0.2, 0.25) is 0 Å². The molecule has 4 nitrogen and oxygen atoms in total. The minimum absolute atomic E-state index is 0.699. The summed E-state index contributed by atoms with van der Waals surface area (Å²) in [5.74, 6) is 0. The smallest absolute Gasteiger partial charge is 0.0759 e. The maximum atomic E-state index is 5.48. The maximum Gasteiger partial charge on any atom is 0.0759 e. The summed E-state index contributed by atoms with van der Waals surface area (Å²) in [4.78, 5) is 0. The van der Waals surface area contributed by atoms with Gasteiger partial charge in [0.25, 0.3) is 0 Å². The number of hydrogen-bond donors (Lipinski definition) is 3. The van der Waals surface area contributed by atoms with Gasteiger partial charge in [-0.1, -0.05) is 34.1 Å². The van der Waals surface area contributed by atoms with Gasteiger partial charge in [0.15, 0.2) is 0 Å². The third-order valence-corrected chi connectivity index (χ3v) is 3.51. The molecule has 1 heterocycles. The highest BCUT2D eigenvalue weighted by Crippen LogP contribution is 2.22. The summed E-state index contributed by atoms with van der Waals surface area (Å²) in [6.07, 6.45) is 3.61. The third kappa shape index (κ3) is 3.34. The molecule has 1 aromatic carbocycles. The summed E-state index contributed by atoms with van der Waals surface area (Å²) in [5, 5.41) is 10.5. The molecule has 5 heteroatoms. The Morgan fingerprint density at radius 3 is 2.94 bits per heavy atom. The molecule has 4 N–H and O–H groups in total. The van der Waals surface area contributed by atoms with Gasteiger partial charge in [-0.2, -0.15) is 5.10 Å². The monoisotopic (exact) mass is 308 g/mol. The number of aromatic amines is 1. The van der Waals surface area contributed by atoms with Gasteiger partial charge in [0.1, 0.15) is 0 Å². The van der Waals surface area contributed by atoms with E-state index in [0.29, 0.717) is 6.54 Å². The van der Waals surface area contributed by atoms with Crippen LogP contribution in [0.1, 0.15) is 17.7 Å². The number of aromatic nitrogens is 2. The second-order valence-electron chi connectivity index (χ2n) is 4.10. The van der Waals surface area contributed by atoms with Crippen LogP contribution in [-0.2, 0) is 6.42 Å². The van der Waals surface area contributed by atoms with Crippen molar-refractivity contribution < 1.29 is 0 Å². The zero-order valence-corrected chi connectivity index (χ0v) is 11.7. The quantitative estimate of drug-likeness (QED) is 0.718. The van der Waals surface area contributed by atoms with Crippen LogP contribution in [0.3, 0.4) is 0 Å². The highest BCUT2D eigenvalue weighted by atomic mass is 79.9. The first-order valence-corrected chi connectivity index (χ1v) is 6.80. The van der Waals surface area contributed by atoms with E-state index in [2.05, 4.69) is 37.5 Å². The van der Waals surface area contributed by atoms with Crippen LogP contribution < -0.4 is 11.1 Å². The van der Waals surface area contributed by atoms with E-state index < -0.39 is 0 Å². The Labute approximate surface area is 115 Å². The van der Waals surface area contributed by atoms with Crippen molar-refractivity contribution in [1.29, 1.82) is 0 Å². The molecule has 0 radical (unpaired) electrons. The van der Waals surface area contributed by atoms with Crippen LogP contribution >= 0.6 is 15.9 Å². The van der Waals surface area contributed by atoms with Crippen LogP contribution in [0.25, 0.3) is 0 Å². The molecule has 0 saturated heterocycles. The maximum absolute atomic E-state index is 5.48. The molecule has 0 aliphatic heterocycles. The minimum Gasteiger partial charge on any atom is -0.382 e. The molecule has 0 unspecified atom stereocenters. The van der Waals surface area contributed by atoms with Crippen molar-refractivity contribution >= 4 is 21.6 Å². The van der Waals surface area contributed by atoms with Gasteiger partial charge in [-0.3, -0.25) is 5.10 Å². The summed E-state index contributed by atoms with van der Waals surface area (Å²) < 4.78 is 1.12. The van der Waals surface area contributed by atoms with Crippen molar-refractivity contribution in [3.05, 3.63) is 46.2 Å². The molecule has 2 aromatic rings. The molecule has 0 aliphatic carbocycles. The number of rotatable bonds is 6. The number of nitrogens with zero attached hydrogens (tertiary/aromatic N) is 1. The second kappa shape index (κ2) is 6.56. The molecule has 18 heavy (non-hydrogen) atoms. The zero-order chi connectivity index (χ0) is 12.8. The number of halogens is 1. The molecule has 0 atom stereocenters. The Morgan fingerprint density at radius 1 is 1.33 bits per heavy atom. The fraction of sp³-hybridized carbons (Fsp3) is 0.308. The van der Waals surface area contributed by atoms with E-state index in [1.54, 1.807) is 0 Å². The molecule has 0 saturated carbocycles. The average Bonchev–Trinajstić information content (AvgIpc) is 2.80. The molecule has 0 fully saturated rings. The Balaban J connectivity index is 2.05. The predicted octanol–water partition coefficient (Wildman–Crippen LogP) is 2.52. The van der Waals surface area contributed by atoms with Crippen LogP contribution in [0.2, 0.25) is 0 Å². The normalized spacial score (nSPS) is 10.6. The molecule has 96 valence electrons. The number of hydrogen-bond acceptors (Lipinski definition) is 3. The highest BCUT2D eigenvalue weighted by Gasteiger charge is 2.07. The lowest BCUT2D eigenvalue weighted by molar-refractivity contribution is 0.872. The van der Waals surface area contributed by atoms with Gasteiger partial charge in [0.05, 0.1) is 17.6 Å². The fourth-order valence-corrected chi connectivity index (χ4v) is 2.18. The Hall–Kier alpha value is -1.33. The lowest BCUT2D eigenvalue weighted by Crippen LogP contribution is -2.09. The first-order valence-electron chi connectivity index (χ1n) is 6.01. The summed E-state index contributed by atoms with van der Waals surface area (Å²) in [6, 6.07) is 8.21. The van der Waals surface area contributed by atoms with E-state index in [-0.39, 0.29) is 0 Å². The van der Waals surface area contributed by atoms with Crippen molar-refractivity contribution in [2.24, 2.45) is 5.73 Å². The first kappa shape index (κ1) is 13.1. The average molecular weight is 309 g/mol.